The SMILES string of the molecule is COc1ccc(C(=O)O/C(=C\c2nc3cc(C)ccc3n2C(C)C)c2ccc(OC)cc2)cc1. The molecule has 34 heavy (non-hydrogen) atoms. The Morgan fingerprint density at radius 3 is 2.03 bits per heavy atom. The van der Waals surface area contributed by atoms with Crippen molar-refractivity contribution in [2.45, 2.75) is 26.8 Å². The first-order valence-corrected chi connectivity index (χ1v) is 11.1. The normalized spacial score (nSPS) is 11.6. The lowest BCUT2D eigenvalue weighted by Gasteiger charge is -2.14. The fraction of sp³-hybridized carbons (Fsp3) is 0.214. The van der Waals surface area contributed by atoms with Gasteiger partial charge in [-0.15, -0.1) is 0 Å². The van der Waals surface area contributed by atoms with Crippen LogP contribution in [0.1, 0.15) is 47.2 Å². The van der Waals surface area contributed by atoms with Gasteiger partial charge < -0.3 is 18.8 Å². The van der Waals surface area contributed by atoms with Gasteiger partial charge in [-0.1, -0.05) is 6.07 Å². The zero-order valence-electron chi connectivity index (χ0n) is 20.0. The van der Waals surface area contributed by atoms with Gasteiger partial charge in [0.25, 0.3) is 0 Å². The smallest absolute Gasteiger partial charge is 0.343 e. The summed E-state index contributed by atoms with van der Waals surface area (Å²) in [4.78, 5) is 17.9. The van der Waals surface area contributed by atoms with E-state index in [1.807, 2.05) is 37.3 Å². The van der Waals surface area contributed by atoms with Crippen LogP contribution in [-0.2, 0) is 4.74 Å². The minimum Gasteiger partial charge on any atom is -0.497 e. The molecule has 0 fully saturated rings. The monoisotopic (exact) mass is 456 g/mol. The van der Waals surface area contributed by atoms with Gasteiger partial charge in [-0.3, -0.25) is 0 Å². The zero-order chi connectivity index (χ0) is 24.2. The molecule has 0 atom stereocenters. The molecule has 0 radical (unpaired) electrons. The van der Waals surface area contributed by atoms with E-state index in [4.69, 9.17) is 19.2 Å². The third kappa shape index (κ3) is 4.81. The van der Waals surface area contributed by atoms with Gasteiger partial charge in [-0.05, 0) is 87.0 Å². The van der Waals surface area contributed by atoms with Gasteiger partial charge in [-0.2, -0.15) is 0 Å². The number of nitrogens with zero attached hydrogens (tertiary/aromatic N) is 2. The Kier molecular flexibility index (Phi) is 6.68. The predicted octanol–water partition coefficient (Wildman–Crippen LogP) is 6.30. The molecule has 0 N–H and O–H groups in total. The first-order chi connectivity index (χ1) is 16.4. The van der Waals surface area contributed by atoms with Gasteiger partial charge in [0, 0.05) is 17.7 Å². The van der Waals surface area contributed by atoms with E-state index >= 15 is 0 Å². The zero-order valence-corrected chi connectivity index (χ0v) is 20.0. The minimum absolute atomic E-state index is 0.161. The first kappa shape index (κ1) is 23.1. The molecule has 4 aromatic rings. The summed E-state index contributed by atoms with van der Waals surface area (Å²) in [6.45, 7) is 6.26. The van der Waals surface area contributed by atoms with E-state index in [2.05, 4.69) is 36.6 Å². The molecule has 1 aromatic heterocycles. The fourth-order valence-electron chi connectivity index (χ4n) is 3.80. The fourth-order valence-corrected chi connectivity index (χ4v) is 3.80. The van der Waals surface area contributed by atoms with Crippen LogP contribution in [0.5, 0.6) is 11.5 Å². The van der Waals surface area contributed by atoms with Gasteiger partial charge in [0.2, 0.25) is 0 Å². The van der Waals surface area contributed by atoms with E-state index in [0.29, 0.717) is 22.9 Å². The Morgan fingerprint density at radius 2 is 1.47 bits per heavy atom. The van der Waals surface area contributed by atoms with Crippen molar-refractivity contribution in [3.8, 4) is 11.5 Å². The number of hydrogen-bond acceptors (Lipinski definition) is 5. The van der Waals surface area contributed by atoms with Gasteiger partial charge in [0.1, 0.15) is 23.1 Å². The number of rotatable bonds is 7. The van der Waals surface area contributed by atoms with Crippen LogP contribution in [0.2, 0.25) is 0 Å². The Labute approximate surface area is 199 Å². The number of hydrogen-bond donors (Lipinski definition) is 0. The average Bonchev–Trinajstić information content (AvgIpc) is 3.20. The molecule has 3 aromatic carbocycles. The first-order valence-electron chi connectivity index (χ1n) is 11.1. The Bertz CT molecular complexity index is 1330. The number of benzene rings is 3. The quantitative estimate of drug-likeness (QED) is 0.241. The molecule has 0 unspecified atom stereocenters. The topological polar surface area (TPSA) is 62.6 Å². The van der Waals surface area contributed by atoms with Crippen molar-refractivity contribution in [1.82, 2.24) is 9.55 Å². The number of carbonyl (C=O) groups excluding carboxylic acids is 1. The van der Waals surface area contributed by atoms with Crippen LogP contribution in [0.25, 0.3) is 22.9 Å². The molecule has 6 heteroatoms. The molecular formula is C28H28N2O4. The molecule has 0 bridgehead atoms. The summed E-state index contributed by atoms with van der Waals surface area (Å²) in [6, 6.07) is 20.6. The number of imidazole rings is 1. The molecule has 4 rings (SSSR count). The minimum atomic E-state index is -0.465. The van der Waals surface area contributed by atoms with Crippen molar-refractivity contribution in [1.29, 1.82) is 0 Å². The van der Waals surface area contributed by atoms with Crippen molar-refractivity contribution in [3.63, 3.8) is 0 Å². The predicted molar refractivity (Wildman–Crippen MR) is 134 cm³/mol. The molecule has 1 heterocycles. The van der Waals surface area contributed by atoms with E-state index in [-0.39, 0.29) is 6.04 Å². The maximum atomic E-state index is 13.0. The highest BCUT2D eigenvalue weighted by Gasteiger charge is 2.17. The average molecular weight is 457 g/mol. The third-order valence-electron chi connectivity index (χ3n) is 5.55. The summed E-state index contributed by atoms with van der Waals surface area (Å²) in [5.41, 5.74) is 4.23. The molecule has 0 amide bonds. The lowest BCUT2D eigenvalue weighted by Crippen LogP contribution is -2.07. The van der Waals surface area contributed by atoms with Crippen LogP contribution >= 0.6 is 0 Å². The van der Waals surface area contributed by atoms with Crippen molar-refractivity contribution in [2.75, 3.05) is 14.2 Å². The van der Waals surface area contributed by atoms with Crippen LogP contribution in [0, 0.1) is 6.92 Å². The number of esters is 1. The van der Waals surface area contributed by atoms with Crippen molar-refractivity contribution in [3.05, 3.63) is 89.2 Å². The molecule has 0 saturated carbocycles. The van der Waals surface area contributed by atoms with Crippen molar-refractivity contribution in [2.24, 2.45) is 0 Å². The lowest BCUT2D eigenvalue weighted by molar-refractivity contribution is 0.0693. The van der Waals surface area contributed by atoms with Gasteiger partial charge >= 0.3 is 5.97 Å². The maximum Gasteiger partial charge on any atom is 0.343 e. The van der Waals surface area contributed by atoms with Crippen molar-refractivity contribution < 1.29 is 19.0 Å². The standard InChI is InChI=1S/C28H28N2O4/c1-18(2)30-25-15-6-19(3)16-24(25)29-27(30)17-26(20-7-11-22(32-4)12-8-20)34-28(31)21-9-13-23(33-5)14-10-21/h6-18H,1-5H3/b26-17-. The number of aryl methyl sites for hydroxylation is 1. The molecule has 0 saturated heterocycles. The van der Waals surface area contributed by atoms with E-state index in [1.165, 1.54) is 0 Å². The Hall–Kier alpha value is -4.06. The summed E-state index contributed by atoms with van der Waals surface area (Å²) >= 11 is 0. The number of aromatic nitrogens is 2. The molecule has 174 valence electrons. The summed E-state index contributed by atoms with van der Waals surface area (Å²) in [6.07, 6.45) is 1.82. The highest BCUT2D eigenvalue weighted by molar-refractivity contribution is 5.95. The number of carbonyl (C=O) groups is 1. The van der Waals surface area contributed by atoms with Crippen LogP contribution in [-0.4, -0.2) is 29.7 Å². The molecule has 0 aliphatic heterocycles. The van der Waals surface area contributed by atoms with Gasteiger partial charge in [-0.25, -0.2) is 9.78 Å². The summed E-state index contributed by atoms with van der Waals surface area (Å²) in [7, 11) is 3.20. The highest BCUT2D eigenvalue weighted by Crippen LogP contribution is 2.28. The van der Waals surface area contributed by atoms with Crippen molar-refractivity contribution >= 4 is 28.8 Å². The Balaban J connectivity index is 1.80. The lowest BCUT2D eigenvalue weighted by atomic mass is 10.1. The third-order valence-corrected chi connectivity index (χ3v) is 5.55. The second-order valence-corrected chi connectivity index (χ2v) is 8.28. The van der Waals surface area contributed by atoms with E-state index < -0.39 is 5.97 Å². The number of ether oxygens (including phenoxy) is 3. The van der Waals surface area contributed by atoms with E-state index in [1.54, 1.807) is 38.5 Å². The maximum absolute atomic E-state index is 13.0. The highest BCUT2D eigenvalue weighted by atomic mass is 16.5. The second-order valence-electron chi connectivity index (χ2n) is 8.28. The van der Waals surface area contributed by atoms with Crippen LogP contribution in [0.4, 0.5) is 0 Å². The molecular weight excluding hydrogens is 428 g/mol. The van der Waals surface area contributed by atoms with E-state index in [0.717, 1.165) is 27.9 Å². The summed E-state index contributed by atoms with van der Waals surface area (Å²) in [5, 5.41) is 0. The van der Waals surface area contributed by atoms with Gasteiger partial charge in [0.15, 0.2) is 0 Å². The van der Waals surface area contributed by atoms with Crippen LogP contribution in [0.15, 0.2) is 66.7 Å². The molecule has 0 aliphatic carbocycles. The number of methoxy groups -OCH3 is 2. The van der Waals surface area contributed by atoms with Gasteiger partial charge in [0.05, 0.1) is 30.8 Å². The molecule has 0 aliphatic rings. The Morgan fingerprint density at radius 1 is 0.882 bits per heavy atom. The van der Waals surface area contributed by atoms with Crippen LogP contribution in [0.3, 0.4) is 0 Å². The largest absolute Gasteiger partial charge is 0.497 e. The van der Waals surface area contributed by atoms with Crippen LogP contribution < -0.4 is 9.47 Å². The summed E-state index contributed by atoms with van der Waals surface area (Å²) in [5.74, 6) is 2.03. The number of fused-ring (bicyclic) bond motifs is 1. The molecule has 6 nitrogen and oxygen atoms in total. The molecule has 0 spiro atoms. The second kappa shape index (κ2) is 9.83. The summed E-state index contributed by atoms with van der Waals surface area (Å²) < 4.78 is 18.5. The van der Waals surface area contributed by atoms with E-state index in [9.17, 15) is 4.79 Å².